The largest absolute Gasteiger partial charge is 0.356 e. The number of benzene rings is 1. The van der Waals surface area contributed by atoms with Gasteiger partial charge in [0.15, 0.2) is 5.69 Å². The molecule has 0 aliphatic carbocycles. The molecule has 2 N–H and O–H groups in total. The molecule has 2 aliphatic heterocycles. The number of hydrogen-bond donors (Lipinski definition) is 2. The Bertz CT molecular complexity index is 1040. The Kier molecular flexibility index (Phi) is 9.11. The molecule has 3 heterocycles. The number of fused-ring (bicyclic) bond motifs is 1. The highest BCUT2D eigenvalue weighted by atomic mass is 16.2. The second-order valence-corrected chi connectivity index (χ2v) is 9.74. The molecule has 9 nitrogen and oxygen atoms in total. The first-order valence-electron chi connectivity index (χ1n) is 13.2. The lowest BCUT2D eigenvalue weighted by Gasteiger charge is -2.27. The molecular formula is C27H38N6O3. The summed E-state index contributed by atoms with van der Waals surface area (Å²) in [6.07, 6.45) is 7.09. The van der Waals surface area contributed by atoms with Gasteiger partial charge in [0.1, 0.15) is 0 Å². The smallest absolute Gasteiger partial charge is 0.276 e. The Labute approximate surface area is 213 Å². The lowest BCUT2D eigenvalue weighted by Crippen LogP contribution is -2.37. The van der Waals surface area contributed by atoms with Gasteiger partial charge in [0.2, 0.25) is 11.8 Å². The summed E-state index contributed by atoms with van der Waals surface area (Å²) < 4.78 is 1.73. The fourth-order valence-corrected chi connectivity index (χ4v) is 5.06. The quantitative estimate of drug-likeness (QED) is 0.522. The summed E-state index contributed by atoms with van der Waals surface area (Å²) in [7, 11) is 1.83. The van der Waals surface area contributed by atoms with Gasteiger partial charge in [-0.25, -0.2) is 0 Å². The molecule has 1 aromatic carbocycles. The molecule has 4 rings (SSSR count). The van der Waals surface area contributed by atoms with Crippen molar-refractivity contribution in [3.63, 3.8) is 0 Å². The van der Waals surface area contributed by atoms with Crippen LogP contribution in [0.2, 0.25) is 0 Å². The fraction of sp³-hybridized carbons (Fsp3) is 0.556. The second-order valence-electron chi connectivity index (χ2n) is 9.74. The molecule has 0 saturated carbocycles. The highest BCUT2D eigenvalue weighted by molar-refractivity contribution is 6.04. The predicted octanol–water partition coefficient (Wildman–Crippen LogP) is 2.72. The standard InChI is InChI=1S/C27H38N6O3/c1-31-23-14-19-33(20-22(23)26(30-31)27(36)29-21-10-5-4-6-11-21)25(35)13-12-24(34)28-15-9-18-32-16-7-2-3-8-17-32/h4-6,10-11H,2-3,7-9,12-20H2,1H3,(H,28,34)(H,29,36). The van der Waals surface area contributed by atoms with Gasteiger partial charge in [0, 0.05) is 62.9 Å². The Balaban J connectivity index is 1.23. The molecule has 9 heteroatoms. The third kappa shape index (κ3) is 6.94. The molecule has 1 fully saturated rings. The average Bonchev–Trinajstić information content (AvgIpc) is 3.04. The minimum absolute atomic E-state index is 0.0707. The summed E-state index contributed by atoms with van der Waals surface area (Å²) in [6, 6.07) is 9.25. The lowest BCUT2D eigenvalue weighted by molar-refractivity contribution is -0.134. The van der Waals surface area contributed by atoms with Crippen molar-refractivity contribution in [3.8, 4) is 0 Å². The van der Waals surface area contributed by atoms with E-state index >= 15 is 0 Å². The van der Waals surface area contributed by atoms with Gasteiger partial charge in [-0.2, -0.15) is 5.10 Å². The van der Waals surface area contributed by atoms with Gasteiger partial charge in [0.25, 0.3) is 5.91 Å². The summed E-state index contributed by atoms with van der Waals surface area (Å²) in [6.45, 7) is 4.87. The van der Waals surface area contributed by atoms with E-state index in [0.29, 0.717) is 37.4 Å². The monoisotopic (exact) mass is 494 g/mol. The van der Waals surface area contributed by atoms with Crippen molar-refractivity contribution in [3.05, 3.63) is 47.3 Å². The third-order valence-electron chi connectivity index (χ3n) is 7.08. The Morgan fingerprint density at radius 1 is 0.972 bits per heavy atom. The molecule has 3 amide bonds. The molecule has 0 radical (unpaired) electrons. The van der Waals surface area contributed by atoms with Crippen LogP contribution < -0.4 is 10.6 Å². The van der Waals surface area contributed by atoms with Gasteiger partial charge in [-0.3, -0.25) is 19.1 Å². The number of aromatic nitrogens is 2. The van der Waals surface area contributed by atoms with Crippen LogP contribution in [0, 0.1) is 0 Å². The molecule has 36 heavy (non-hydrogen) atoms. The number of amides is 3. The normalized spacial score (nSPS) is 16.2. The third-order valence-corrected chi connectivity index (χ3v) is 7.08. The summed E-state index contributed by atoms with van der Waals surface area (Å²) in [5.74, 6) is -0.438. The van der Waals surface area contributed by atoms with E-state index < -0.39 is 0 Å². The van der Waals surface area contributed by atoms with E-state index in [1.807, 2.05) is 37.4 Å². The fourth-order valence-electron chi connectivity index (χ4n) is 5.06. The van der Waals surface area contributed by atoms with E-state index in [-0.39, 0.29) is 30.6 Å². The number of nitrogens with zero attached hydrogens (tertiary/aromatic N) is 4. The average molecular weight is 495 g/mol. The van der Waals surface area contributed by atoms with Gasteiger partial charge in [-0.05, 0) is 51.0 Å². The molecule has 0 unspecified atom stereocenters. The summed E-state index contributed by atoms with van der Waals surface area (Å²) >= 11 is 0. The topological polar surface area (TPSA) is 99.6 Å². The molecule has 194 valence electrons. The maximum Gasteiger partial charge on any atom is 0.276 e. The van der Waals surface area contributed by atoms with Crippen molar-refractivity contribution in [2.24, 2.45) is 7.05 Å². The molecule has 1 aromatic heterocycles. The number of nitrogens with one attached hydrogen (secondary N) is 2. The molecule has 1 saturated heterocycles. The Morgan fingerprint density at radius 3 is 2.47 bits per heavy atom. The number of carbonyl (C=O) groups excluding carboxylic acids is 3. The van der Waals surface area contributed by atoms with Crippen LogP contribution in [0.3, 0.4) is 0 Å². The van der Waals surface area contributed by atoms with Gasteiger partial charge < -0.3 is 20.4 Å². The van der Waals surface area contributed by atoms with Gasteiger partial charge >= 0.3 is 0 Å². The maximum absolute atomic E-state index is 12.9. The van der Waals surface area contributed by atoms with Crippen LogP contribution in [0.4, 0.5) is 5.69 Å². The SMILES string of the molecule is Cn1nc(C(=O)Nc2ccccc2)c2c1CCN(C(=O)CCC(=O)NCCCN1CCCCCC1)C2. The van der Waals surface area contributed by atoms with Crippen LogP contribution in [0.25, 0.3) is 0 Å². The molecule has 0 bridgehead atoms. The number of aryl methyl sites for hydroxylation is 1. The first-order chi connectivity index (χ1) is 17.5. The number of hydrogen-bond acceptors (Lipinski definition) is 5. The highest BCUT2D eigenvalue weighted by Crippen LogP contribution is 2.24. The highest BCUT2D eigenvalue weighted by Gasteiger charge is 2.29. The summed E-state index contributed by atoms with van der Waals surface area (Å²) in [5.41, 5.74) is 2.79. The minimum Gasteiger partial charge on any atom is -0.356 e. The van der Waals surface area contributed by atoms with E-state index in [1.54, 1.807) is 9.58 Å². The second kappa shape index (κ2) is 12.7. The number of carbonyl (C=O) groups is 3. The molecular weight excluding hydrogens is 456 g/mol. The molecule has 2 aliphatic rings. The molecule has 0 atom stereocenters. The zero-order chi connectivity index (χ0) is 25.3. The van der Waals surface area contributed by atoms with E-state index in [9.17, 15) is 14.4 Å². The van der Waals surface area contributed by atoms with Crippen LogP contribution in [0.15, 0.2) is 30.3 Å². The first kappa shape index (κ1) is 25.9. The van der Waals surface area contributed by atoms with Crippen LogP contribution in [0.1, 0.15) is 66.7 Å². The number of para-hydroxylation sites is 1. The lowest BCUT2D eigenvalue weighted by atomic mass is 10.0. The van der Waals surface area contributed by atoms with E-state index in [0.717, 1.165) is 37.3 Å². The molecule has 0 spiro atoms. The zero-order valence-corrected chi connectivity index (χ0v) is 21.3. The number of rotatable bonds is 9. The van der Waals surface area contributed by atoms with Crippen LogP contribution in [0.5, 0.6) is 0 Å². The van der Waals surface area contributed by atoms with Crippen molar-refractivity contribution in [2.75, 3.05) is 38.0 Å². The van der Waals surface area contributed by atoms with Gasteiger partial charge in [-0.1, -0.05) is 31.0 Å². The zero-order valence-electron chi connectivity index (χ0n) is 21.3. The van der Waals surface area contributed by atoms with Crippen LogP contribution in [-0.4, -0.2) is 70.0 Å². The summed E-state index contributed by atoms with van der Waals surface area (Å²) in [4.78, 5) is 42.3. The molecule has 2 aromatic rings. The van der Waals surface area contributed by atoms with Gasteiger partial charge in [-0.15, -0.1) is 0 Å². The predicted molar refractivity (Wildman–Crippen MR) is 138 cm³/mol. The van der Waals surface area contributed by atoms with E-state index in [4.69, 9.17) is 0 Å². The van der Waals surface area contributed by atoms with Crippen LogP contribution in [-0.2, 0) is 29.6 Å². The first-order valence-corrected chi connectivity index (χ1v) is 13.2. The summed E-state index contributed by atoms with van der Waals surface area (Å²) in [5, 5.41) is 10.3. The van der Waals surface area contributed by atoms with Crippen molar-refractivity contribution in [1.82, 2.24) is 24.9 Å². The van der Waals surface area contributed by atoms with E-state index in [2.05, 4.69) is 20.6 Å². The van der Waals surface area contributed by atoms with Crippen molar-refractivity contribution >= 4 is 23.4 Å². The van der Waals surface area contributed by atoms with Gasteiger partial charge in [0.05, 0.1) is 0 Å². The Hall–Kier alpha value is -3.20. The van der Waals surface area contributed by atoms with Crippen LogP contribution >= 0.6 is 0 Å². The number of likely N-dealkylation sites (tertiary alicyclic amines) is 1. The minimum atomic E-state index is -0.285. The van der Waals surface area contributed by atoms with Crippen molar-refractivity contribution in [1.29, 1.82) is 0 Å². The van der Waals surface area contributed by atoms with E-state index in [1.165, 1.54) is 25.7 Å². The van der Waals surface area contributed by atoms with Crippen molar-refractivity contribution < 1.29 is 14.4 Å². The maximum atomic E-state index is 12.9. The van der Waals surface area contributed by atoms with Crippen molar-refractivity contribution in [2.45, 2.75) is 57.9 Å². The number of anilines is 1. The Morgan fingerprint density at radius 2 is 1.72 bits per heavy atom.